The summed E-state index contributed by atoms with van der Waals surface area (Å²) in [6, 6.07) is 7.05. The molecule has 2 aliphatic carbocycles. The highest BCUT2D eigenvalue weighted by Crippen LogP contribution is 2.38. The van der Waals surface area contributed by atoms with Crippen LogP contribution < -0.4 is 10.6 Å². The molecule has 38 heavy (non-hydrogen) atoms. The van der Waals surface area contributed by atoms with E-state index in [2.05, 4.69) is 47.6 Å². The van der Waals surface area contributed by atoms with E-state index in [0.717, 1.165) is 91.9 Å². The quantitative estimate of drug-likeness (QED) is 0.608. The molecule has 7 heteroatoms. The van der Waals surface area contributed by atoms with Crippen LogP contribution in [-0.4, -0.2) is 66.2 Å². The maximum Gasteiger partial charge on any atom is 0.251 e. The molecule has 0 unspecified atom stereocenters. The molecular formula is C31H41N5O2. The molecule has 202 valence electrons. The summed E-state index contributed by atoms with van der Waals surface area (Å²) in [5.74, 6) is 1.64. The van der Waals surface area contributed by atoms with Gasteiger partial charge >= 0.3 is 0 Å². The number of anilines is 1. The first-order chi connectivity index (χ1) is 18.5. The third kappa shape index (κ3) is 5.10. The average molecular weight is 516 g/mol. The number of hydrogen-bond acceptors (Lipinski definition) is 6. The molecule has 2 aromatic rings. The number of benzene rings is 1. The fourth-order valence-corrected chi connectivity index (χ4v) is 6.77. The lowest BCUT2D eigenvalue weighted by Crippen LogP contribution is -2.45. The summed E-state index contributed by atoms with van der Waals surface area (Å²) in [6.07, 6.45) is 12.2. The van der Waals surface area contributed by atoms with E-state index in [1.165, 1.54) is 31.3 Å². The molecule has 0 radical (unpaired) electrons. The molecule has 7 nitrogen and oxygen atoms in total. The summed E-state index contributed by atoms with van der Waals surface area (Å²) < 4.78 is 5.55. The summed E-state index contributed by atoms with van der Waals surface area (Å²) in [5.41, 5.74) is 6.41. The van der Waals surface area contributed by atoms with E-state index in [4.69, 9.17) is 14.7 Å². The maximum absolute atomic E-state index is 12.6. The Morgan fingerprint density at radius 3 is 2.76 bits per heavy atom. The van der Waals surface area contributed by atoms with Crippen molar-refractivity contribution < 1.29 is 9.53 Å². The zero-order valence-corrected chi connectivity index (χ0v) is 22.9. The molecule has 1 saturated carbocycles. The third-order valence-electron chi connectivity index (χ3n) is 9.09. The zero-order chi connectivity index (χ0) is 26.1. The van der Waals surface area contributed by atoms with Gasteiger partial charge in [-0.05, 0) is 79.7 Å². The Balaban J connectivity index is 1.22. The van der Waals surface area contributed by atoms with Crippen molar-refractivity contribution >= 4 is 17.3 Å². The number of fused-ring (bicyclic) bond motifs is 2. The van der Waals surface area contributed by atoms with Gasteiger partial charge in [0.05, 0.1) is 18.9 Å². The first-order valence-corrected chi connectivity index (χ1v) is 14.5. The number of nitrogens with one attached hydrogen (secondary N) is 2. The number of carbonyl (C=O) groups excluding carboxylic acids is 1. The van der Waals surface area contributed by atoms with Crippen LogP contribution >= 0.6 is 0 Å². The van der Waals surface area contributed by atoms with Gasteiger partial charge in [0.15, 0.2) is 0 Å². The highest BCUT2D eigenvalue weighted by Gasteiger charge is 2.33. The van der Waals surface area contributed by atoms with E-state index in [9.17, 15) is 4.79 Å². The molecule has 2 fully saturated rings. The Kier molecular flexibility index (Phi) is 7.23. The predicted molar refractivity (Wildman–Crippen MR) is 150 cm³/mol. The van der Waals surface area contributed by atoms with Gasteiger partial charge in [-0.15, -0.1) is 0 Å². The number of rotatable bonds is 5. The number of nitrogens with zero attached hydrogens (tertiary/aromatic N) is 3. The molecule has 4 aliphatic rings. The van der Waals surface area contributed by atoms with Crippen molar-refractivity contribution in [3.05, 3.63) is 58.6 Å². The van der Waals surface area contributed by atoms with E-state index in [1.54, 1.807) is 6.33 Å². The molecule has 0 bridgehead atoms. The lowest BCUT2D eigenvalue weighted by Gasteiger charge is -2.38. The van der Waals surface area contributed by atoms with E-state index < -0.39 is 0 Å². The first-order valence-electron chi connectivity index (χ1n) is 14.5. The third-order valence-corrected chi connectivity index (χ3v) is 9.09. The molecular weight excluding hydrogens is 474 g/mol. The van der Waals surface area contributed by atoms with Gasteiger partial charge in [-0.3, -0.25) is 9.69 Å². The Hall–Kier alpha value is -2.77. The Bertz CT molecular complexity index is 1210. The summed E-state index contributed by atoms with van der Waals surface area (Å²) in [6.45, 7) is 9.94. The molecule has 1 aromatic carbocycles. The number of ether oxygens (including phenoxy) is 1. The van der Waals surface area contributed by atoms with Crippen LogP contribution in [0, 0.1) is 5.92 Å². The molecule has 1 amide bonds. The van der Waals surface area contributed by atoms with E-state index in [1.807, 2.05) is 6.07 Å². The Labute approximate surface area is 226 Å². The second kappa shape index (κ2) is 10.8. The summed E-state index contributed by atoms with van der Waals surface area (Å²) in [5, 5.41) is 6.80. The largest absolute Gasteiger partial charge is 0.379 e. The second-order valence-electron chi connectivity index (χ2n) is 12.1. The van der Waals surface area contributed by atoms with Crippen LogP contribution in [0.25, 0.3) is 5.57 Å². The second-order valence-corrected chi connectivity index (χ2v) is 12.1. The SMILES string of the molecule is CC1(C)CNC(=O)c2ccc(C3=CCCCc4ncnc(NCC5CCC(N6CCOCC6)CC5)c43)cc21. The number of aryl methyl sites for hydroxylation is 1. The number of hydrogen-bond donors (Lipinski definition) is 2. The van der Waals surface area contributed by atoms with Crippen LogP contribution in [0.1, 0.15) is 85.1 Å². The van der Waals surface area contributed by atoms with Crippen LogP contribution in [0.4, 0.5) is 5.82 Å². The average Bonchev–Trinajstić information content (AvgIpc) is 3.18. The lowest BCUT2D eigenvalue weighted by molar-refractivity contribution is 0.00539. The number of allylic oxidation sites excluding steroid dienone is 1. The fourth-order valence-electron chi connectivity index (χ4n) is 6.77. The minimum Gasteiger partial charge on any atom is -0.379 e. The lowest BCUT2D eigenvalue weighted by atomic mass is 9.77. The van der Waals surface area contributed by atoms with Crippen LogP contribution in [0.3, 0.4) is 0 Å². The predicted octanol–water partition coefficient (Wildman–Crippen LogP) is 4.57. The number of amides is 1. The molecule has 0 spiro atoms. The van der Waals surface area contributed by atoms with Gasteiger partial charge in [-0.1, -0.05) is 26.0 Å². The molecule has 6 rings (SSSR count). The minimum absolute atomic E-state index is 0.0233. The summed E-state index contributed by atoms with van der Waals surface area (Å²) in [7, 11) is 0. The van der Waals surface area contributed by atoms with Crippen LogP contribution in [0.2, 0.25) is 0 Å². The molecule has 2 aliphatic heterocycles. The smallest absolute Gasteiger partial charge is 0.251 e. The molecule has 0 atom stereocenters. The maximum atomic E-state index is 12.6. The van der Waals surface area contributed by atoms with Crippen molar-refractivity contribution in [2.75, 3.05) is 44.7 Å². The van der Waals surface area contributed by atoms with Gasteiger partial charge in [-0.2, -0.15) is 0 Å². The molecule has 1 saturated heterocycles. The monoisotopic (exact) mass is 515 g/mol. The van der Waals surface area contributed by atoms with Crippen LogP contribution in [-0.2, 0) is 16.6 Å². The number of morpholine rings is 1. The Morgan fingerprint density at radius 1 is 1.13 bits per heavy atom. The van der Waals surface area contributed by atoms with Crippen molar-refractivity contribution in [2.45, 2.75) is 70.3 Å². The number of aromatic nitrogens is 2. The first kappa shape index (κ1) is 25.5. The van der Waals surface area contributed by atoms with Crippen molar-refractivity contribution in [2.24, 2.45) is 5.92 Å². The van der Waals surface area contributed by atoms with Gasteiger partial charge in [0.1, 0.15) is 12.1 Å². The minimum atomic E-state index is -0.109. The van der Waals surface area contributed by atoms with Gasteiger partial charge in [-0.25, -0.2) is 9.97 Å². The fraction of sp³-hybridized carbons (Fsp3) is 0.581. The summed E-state index contributed by atoms with van der Waals surface area (Å²) >= 11 is 0. The van der Waals surface area contributed by atoms with Crippen molar-refractivity contribution in [3.63, 3.8) is 0 Å². The van der Waals surface area contributed by atoms with Crippen LogP contribution in [0.15, 0.2) is 30.6 Å². The van der Waals surface area contributed by atoms with Crippen molar-refractivity contribution in [1.29, 1.82) is 0 Å². The van der Waals surface area contributed by atoms with Gasteiger partial charge in [0.25, 0.3) is 5.91 Å². The summed E-state index contributed by atoms with van der Waals surface area (Å²) in [4.78, 5) is 24.7. The van der Waals surface area contributed by atoms with E-state index >= 15 is 0 Å². The normalized spacial score (nSPS) is 25.4. The highest BCUT2D eigenvalue weighted by atomic mass is 16.5. The highest BCUT2D eigenvalue weighted by molar-refractivity contribution is 5.98. The van der Waals surface area contributed by atoms with Crippen molar-refractivity contribution in [3.8, 4) is 0 Å². The van der Waals surface area contributed by atoms with Gasteiger partial charge in [0, 0.05) is 48.8 Å². The standard InChI is InChI=1S/C31H41N5O2/c1-31(2)19-33-30(37)25-12-9-22(17-26(25)31)24-5-3-4-6-27-28(24)29(35-20-34-27)32-18-21-7-10-23(11-8-21)36-13-15-38-16-14-36/h5,9,12,17,20-21,23H,3-4,6-8,10-11,13-16,18-19H2,1-2H3,(H,33,37)(H,32,34,35). The van der Waals surface area contributed by atoms with Crippen molar-refractivity contribution in [1.82, 2.24) is 20.2 Å². The van der Waals surface area contributed by atoms with Gasteiger partial charge < -0.3 is 15.4 Å². The number of carbonyl (C=O) groups is 1. The van der Waals surface area contributed by atoms with Crippen LogP contribution in [0.5, 0.6) is 0 Å². The molecule has 2 N–H and O–H groups in total. The Morgan fingerprint density at radius 2 is 1.95 bits per heavy atom. The van der Waals surface area contributed by atoms with Gasteiger partial charge in [0.2, 0.25) is 0 Å². The molecule has 1 aromatic heterocycles. The zero-order valence-electron chi connectivity index (χ0n) is 22.9. The molecule has 3 heterocycles. The van der Waals surface area contributed by atoms with E-state index in [-0.39, 0.29) is 11.3 Å². The van der Waals surface area contributed by atoms with E-state index in [0.29, 0.717) is 12.5 Å². The topological polar surface area (TPSA) is 79.4 Å².